The van der Waals surface area contributed by atoms with Crippen LogP contribution in [0.3, 0.4) is 0 Å². The minimum atomic E-state index is -3.47. The van der Waals surface area contributed by atoms with E-state index >= 15 is 0 Å². The molecule has 0 spiro atoms. The quantitative estimate of drug-likeness (QED) is 0.416. The molecule has 0 fully saturated rings. The average molecular weight is 372 g/mol. The largest absolute Gasteiger partial charge is 0.508 e. The Morgan fingerprint density at radius 3 is 2.58 bits per heavy atom. The lowest BCUT2D eigenvalue weighted by molar-refractivity contribution is -0.139. The van der Waals surface area contributed by atoms with Gasteiger partial charge in [-0.15, -0.1) is 0 Å². The number of phenols is 1. The fraction of sp³-hybridized carbons (Fsp3) is 0.438. The molecule has 0 saturated heterocycles. The Morgan fingerprint density at radius 1 is 1.33 bits per heavy atom. The number of sulfonamides is 1. The van der Waals surface area contributed by atoms with Crippen molar-refractivity contribution < 1.29 is 23.1 Å². The molecule has 1 rings (SSSR count). The molecule has 134 valence electrons. The number of nitrogens with one attached hydrogen (secondary N) is 1. The number of phenolic OH excluding ortho intramolecular Hbond substituents is 1. The summed E-state index contributed by atoms with van der Waals surface area (Å²) in [5, 5.41) is 9.60. The first-order valence-corrected chi connectivity index (χ1v) is 13.0. The van der Waals surface area contributed by atoms with Gasteiger partial charge in [0, 0.05) is 13.6 Å². The summed E-state index contributed by atoms with van der Waals surface area (Å²) >= 11 is 0. The highest BCUT2D eigenvalue weighted by Crippen LogP contribution is 2.24. The van der Waals surface area contributed by atoms with Gasteiger partial charge in [0.05, 0.1) is 25.0 Å². The number of carbonyl (C=O) groups excluding carboxylic acids is 1. The smallest absolute Gasteiger partial charge is 0.309 e. The molecule has 1 aromatic carbocycles. The third-order valence-corrected chi connectivity index (χ3v) is 6.62. The molecule has 0 atom stereocenters. The first-order valence-electron chi connectivity index (χ1n) is 7.59. The van der Waals surface area contributed by atoms with Gasteiger partial charge in [0.2, 0.25) is 10.0 Å². The fourth-order valence-corrected chi connectivity index (χ4v) is 5.95. The first-order chi connectivity index (χ1) is 11.0. The van der Waals surface area contributed by atoms with Gasteiger partial charge in [-0.3, -0.25) is 9.52 Å². The number of rotatable bonds is 8. The molecular weight excluding hydrogens is 346 g/mol. The number of hydrogen-bond donors (Lipinski definition) is 2. The molecule has 24 heavy (non-hydrogen) atoms. The van der Waals surface area contributed by atoms with Crippen molar-refractivity contribution in [1.29, 1.82) is 0 Å². The van der Waals surface area contributed by atoms with Crippen LogP contribution >= 0.6 is 0 Å². The topological polar surface area (TPSA) is 92.7 Å². The minimum absolute atomic E-state index is 0.0118. The molecule has 0 saturated carbocycles. The van der Waals surface area contributed by atoms with Gasteiger partial charge in [-0.1, -0.05) is 31.8 Å². The highest BCUT2D eigenvalue weighted by atomic mass is 32.2. The number of ether oxygens (including phenoxy) is 1. The van der Waals surface area contributed by atoms with Crippen LogP contribution in [0.25, 0.3) is 6.08 Å². The van der Waals surface area contributed by atoms with Crippen LogP contribution in [0, 0.1) is 0 Å². The second kappa shape index (κ2) is 8.34. The van der Waals surface area contributed by atoms with Gasteiger partial charge in [-0.2, -0.15) is 0 Å². The minimum Gasteiger partial charge on any atom is -0.508 e. The van der Waals surface area contributed by atoms with Crippen LogP contribution in [0.15, 0.2) is 24.3 Å². The highest BCUT2D eigenvalue weighted by molar-refractivity contribution is 7.92. The molecule has 0 amide bonds. The highest BCUT2D eigenvalue weighted by Gasteiger charge is 2.19. The number of anilines is 1. The lowest BCUT2D eigenvalue weighted by Crippen LogP contribution is -2.26. The molecule has 0 aliphatic heterocycles. The van der Waals surface area contributed by atoms with Gasteiger partial charge in [0.1, 0.15) is 5.75 Å². The molecular formula is C16H25NO5SSi. The molecule has 8 heteroatoms. The van der Waals surface area contributed by atoms with Crippen LogP contribution in [0.2, 0.25) is 25.7 Å². The van der Waals surface area contributed by atoms with Crippen molar-refractivity contribution in [1.82, 2.24) is 0 Å². The van der Waals surface area contributed by atoms with Crippen LogP contribution in [-0.2, 0) is 19.6 Å². The van der Waals surface area contributed by atoms with E-state index in [0.717, 1.165) is 0 Å². The van der Waals surface area contributed by atoms with E-state index in [-0.39, 0.29) is 17.9 Å². The third kappa shape index (κ3) is 7.65. The summed E-state index contributed by atoms with van der Waals surface area (Å²) in [6, 6.07) is 5.01. The van der Waals surface area contributed by atoms with E-state index in [1.54, 1.807) is 12.2 Å². The zero-order valence-corrected chi connectivity index (χ0v) is 16.3. The van der Waals surface area contributed by atoms with Gasteiger partial charge in [-0.25, -0.2) is 8.42 Å². The van der Waals surface area contributed by atoms with E-state index < -0.39 is 24.1 Å². The van der Waals surface area contributed by atoms with Gasteiger partial charge in [-0.05, 0) is 24.2 Å². The molecule has 0 aliphatic rings. The zero-order chi connectivity index (χ0) is 18.4. The summed E-state index contributed by atoms with van der Waals surface area (Å²) in [7, 11) is -3.65. The van der Waals surface area contributed by atoms with Crippen LogP contribution in [0.5, 0.6) is 5.75 Å². The van der Waals surface area contributed by atoms with E-state index in [4.69, 9.17) is 0 Å². The van der Waals surface area contributed by atoms with Crippen molar-refractivity contribution >= 4 is 35.8 Å². The molecule has 0 unspecified atom stereocenters. The van der Waals surface area contributed by atoms with E-state index in [9.17, 15) is 18.3 Å². The third-order valence-electron chi connectivity index (χ3n) is 3.23. The predicted octanol–water partition coefficient (Wildman–Crippen LogP) is 3.05. The van der Waals surface area contributed by atoms with Gasteiger partial charge in [0.15, 0.2) is 0 Å². The molecule has 2 N–H and O–H groups in total. The Labute approximate surface area is 144 Å². The summed E-state index contributed by atoms with van der Waals surface area (Å²) < 4.78 is 31.6. The molecule has 0 aliphatic carbocycles. The van der Waals surface area contributed by atoms with Crippen LogP contribution in [-0.4, -0.2) is 40.4 Å². The van der Waals surface area contributed by atoms with Crippen molar-refractivity contribution in [2.75, 3.05) is 17.6 Å². The van der Waals surface area contributed by atoms with Crippen molar-refractivity contribution in [3.63, 3.8) is 0 Å². The number of benzene rings is 1. The number of carbonyl (C=O) groups is 1. The number of aromatic hydroxyl groups is 1. The zero-order valence-electron chi connectivity index (χ0n) is 14.5. The Balaban J connectivity index is 2.93. The summed E-state index contributed by atoms with van der Waals surface area (Å²) in [4.78, 5) is 11.1. The van der Waals surface area contributed by atoms with Crippen molar-refractivity contribution in [2.45, 2.75) is 32.1 Å². The van der Waals surface area contributed by atoms with Crippen LogP contribution in [0.4, 0.5) is 5.69 Å². The summed E-state index contributed by atoms with van der Waals surface area (Å²) in [5.74, 6) is -0.323. The molecule has 0 bridgehead atoms. The number of esters is 1. The first kappa shape index (κ1) is 20.2. The second-order valence-electron chi connectivity index (χ2n) is 6.69. The Hall–Kier alpha value is -1.80. The van der Waals surface area contributed by atoms with Crippen molar-refractivity contribution in [3.05, 3.63) is 29.8 Å². The van der Waals surface area contributed by atoms with Crippen molar-refractivity contribution in [3.8, 4) is 5.75 Å². The standard InChI is InChI=1S/C16H25NO5SSi/c1-22-16(19)7-5-6-13-12-14(18)8-9-15(13)17-23(20,21)10-11-24(2,3)4/h5-6,8-9,12,17-18H,7,10-11H2,1-4H3/b6-5+. The maximum absolute atomic E-state index is 12.3. The summed E-state index contributed by atoms with van der Waals surface area (Å²) in [5.41, 5.74) is 0.847. The molecule has 6 nitrogen and oxygen atoms in total. The molecule has 1 aromatic rings. The number of methoxy groups -OCH3 is 1. The van der Waals surface area contributed by atoms with E-state index in [2.05, 4.69) is 29.1 Å². The van der Waals surface area contributed by atoms with Gasteiger partial charge in [0.25, 0.3) is 0 Å². The monoisotopic (exact) mass is 371 g/mol. The Morgan fingerprint density at radius 2 is 2.00 bits per heavy atom. The maximum atomic E-state index is 12.3. The van der Waals surface area contributed by atoms with E-state index in [0.29, 0.717) is 17.3 Å². The summed E-state index contributed by atoms with van der Waals surface area (Å²) in [6.45, 7) is 6.35. The SMILES string of the molecule is COC(=O)C/C=C/c1cc(O)ccc1NS(=O)(=O)CC[Si](C)(C)C. The predicted molar refractivity (Wildman–Crippen MR) is 99.3 cm³/mol. The maximum Gasteiger partial charge on any atom is 0.309 e. The normalized spacial score (nSPS) is 12.3. The number of hydrogen-bond acceptors (Lipinski definition) is 5. The molecule has 0 heterocycles. The molecule has 0 radical (unpaired) electrons. The van der Waals surface area contributed by atoms with Crippen molar-refractivity contribution in [2.24, 2.45) is 0 Å². The second-order valence-corrected chi connectivity index (χ2v) is 14.1. The van der Waals surface area contributed by atoms with E-state index in [1.165, 1.54) is 25.3 Å². The lowest BCUT2D eigenvalue weighted by atomic mass is 10.1. The van der Waals surface area contributed by atoms with E-state index in [1.807, 2.05) is 0 Å². The lowest BCUT2D eigenvalue weighted by Gasteiger charge is -2.17. The fourth-order valence-electron chi connectivity index (χ4n) is 1.81. The Bertz CT molecular complexity index is 708. The van der Waals surface area contributed by atoms with Crippen LogP contribution < -0.4 is 4.72 Å². The molecule has 0 aromatic heterocycles. The average Bonchev–Trinajstić information content (AvgIpc) is 2.47. The van der Waals surface area contributed by atoms with Gasteiger partial charge < -0.3 is 9.84 Å². The summed E-state index contributed by atoms with van der Waals surface area (Å²) in [6.07, 6.45) is 3.20. The van der Waals surface area contributed by atoms with Gasteiger partial charge >= 0.3 is 5.97 Å². The Kier molecular flexibility index (Phi) is 7.03. The van der Waals surface area contributed by atoms with Crippen LogP contribution in [0.1, 0.15) is 12.0 Å².